The van der Waals surface area contributed by atoms with E-state index in [-0.39, 0.29) is 6.03 Å². The normalized spacial score (nSPS) is 22.3. The minimum Gasteiger partial charge on any atom is -0.365 e. The molecule has 0 aromatic heterocycles. The van der Waals surface area contributed by atoms with Gasteiger partial charge in [-0.1, -0.05) is 66.2 Å². The molecule has 1 heterocycles. The molecule has 2 amide bonds. The van der Waals surface area contributed by atoms with Gasteiger partial charge in [0.05, 0.1) is 6.04 Å². The van der Waals surface area contributed by atoms with E-state index in [0.29, 0.717) is 11.3 Å². The number of hydrogen-bond donors (Lipinski definition) is 1. The van der Waals surface area contributed by atoms with E-state index in [9.17, 15) is 9.90 Å². The van der Waals surface area contributed by atoms with Crippen molar-refractivity contribution in [1.29, 1.82) is 0 Å². The fourth-order valence-corrected chi connectivity index (χ4v) is 3.84. The highest BCUT2D eigenvalue weighted by molar-refractivity contribution is 6.08. The summed E-state index contributed by atoms with van der Waals surface area (Å²) in [7, 11) is 0. The maximum atomic E-state index is 13.5. The topological polar surface area (TPSA) is 43.8 Å². The van der Waals surface area contributed by atoms with Crippen LogP contribution < -0.4 is 9.80 Å². The van der Waals surface area contributed by atoms with Crippen molar-refractivity contribution in [2.45, 2.75) is 25.6 Å². The molecule has 27 heavy (non-hydrogen) atoms. The Morgan fingerprint density at radius 1 is 0.852 bits per heavy atom. The van der Waals surface area contributed by atoms with Gasteiger partial charge in [-0.15, -0.1) is 0 Å². The van der Waals surface area contributed by atoms with Crippen LogP contribution in [0, 0.1) is 6.92 Å². The standard InChI is InChI=1S/C23H22N2O2/c1-17-10-9-11-19(16-17)23(27)18(2)24(20-12-5-3-6-13-20)22(26)25(23)21-14-7-4-8-15-21/h3-16,18,27H,1-2H3/t18-,23?/m0/s1. The molecule has 4 rings (SSSR count). The van der Waals surface area contributed by atoms with Crippen LogP contribution in [-0.4, -0.2) is 17.2 Å². The van der Waals surface area contributed by atoms with Gasteiger partial charge >= 0.3 is 6.03 Å². The van der Waals surface area contributed by atoms with Gasteiger partial charge in [-0.25, -0.2) is 4.79 Å². The number of aryl methyl sites for hydroxylation is 1. The van der Waals surface area contributed by atoms with Gasteiger partial charge in [-0.3, -0.25) is 9.80 Å². The first kappa shape index (κ1) is 17.3. The summed E-state index contributed by atoms with van der Waals surface area (Å²) in [6.45, 7) is 3.87. The summed E-state index contributed by atoms with van der Waals surface area (Å²) in [4.78, 5) is 16.6. The second kappa shape index (κ2) is 6.56. The summed E-state index contributed by atoms with van der Waals surface area (Å²) in [5, 5.41) is 11.9. The average molecular weight is 358 g/mol. The number of benzene rings is 3. The van der Waals surface area contributed by atoms with Crippen molar-refractivity contribution in [3.63, 3.8) is 0 Å². The number of carbonyl (C=O) groups is 1. The van der Waals surface area contributed by atoms with Crippen molar-refractivity contribution in [1.82, 2.24) is 0 Å². The Morgan fingerprint density at radius 2 is 1.44 bits per heavy atom. The molecule has 4 nitrogen and oxygen atoms in total. The Morgan fingerprint density at radius 3 is 2.04 bits per heavy atom. The third kappa shape index (κ3) is 2.69. The molecule has 1 N–H and O–H groups in total. The Labute approximate surface area is 159 Å². The number of aliphatic hydroxyl groups is 1. The number of urea groups is 1. The van der Waals surface area contributed by atoms with E-state index < -0.39 is 11.8 Å². The highest BCUT2D eigenvalue weighted by atomic mass is 16.3. The van der Waals surface area contributed by atoms with E-state index in [1.807, 2.05) is 98.8 Å². The van der Waals surface area contributed by atoms with Gasteiger partial charge in [0.15, 0.2) is 5.72 Å². The molecule has 1 saturated heterocycles. The van der Waals surface area contributed by atoms with Crippen molar-refractivity contribution < 1.29 is 9.90 Å². The first-order valence-corrected chi connectivity index (χ1v) is 9.06. The lowest BCUT2D eigenvalue weighted by Gasteiger charge is -2.35. The lowest BCUT2D eigenvalue weighted by atomic mass is 9.93. The largest absolute Gasteiger partial charge is 0.365 e. The molecule has 0 radical (unpaired) electrons. The molecular weight excluding hydrogens is 336 g/mol. The molecule has 0 spiro atoms. The van der Waals surface area contributed by atoms with E-state index >= 15 is 0 Å². The van der Waals surface area contributed by atoms with Crippen LogP contribution in [-0.2, 0) is 5.72 Å². The third-order valence-corrected chi connectivity index (χ3v) is 5.20. The molecule has 0 saturated carbocycles. The average Bonchev–Trinajstić information content (AvgIpc) is 2.90. The predicted molar refractivity (Wildman–Crippen MR) is 108 cm³/mol. The van der Waals surface area contributed by atoms with Gasteiger partial charge < -0.3 is 5.11 Å². The van der Waals surface area contributed by atoms with Crippen LogP contribution in [0.25, 0.3) is 0 Å². The Balaban J connectivity index is 1.92. The number of amides is 2. The molecule has 136 valence electrons. The maximum Gasteiger partial charge on any atom is 0.332 e. The fraction of sp³-hybridized carbons (Fsp3) is 0.174. The van der Waals surface area contributed by atoms with Crippen LogP contribution in [0.3, 0.4) is 0 Å². The lowest BCUT2D eigenvalue weighted by molar-refractivity contribution is 0.0371. The van der Waals surface area contributed by atoms with E-state index in [0.717, 1.165) is 11.3 Å². The van der Waals surface area contributed by atoms with Gasteiger partial charge in [0, 0.05) is 16.9 Å². The molecular formula is C23H22N2O2. The molecule has 1 fully saturated rings. The predicted octanol–water partition coefficient (Wildman–Crippen LogP) is 4.68. The van der Waals surface area contributed by atoms with E-state index in [4.69, 9.17) is 0 Å². The van der Waals surface area contributed by atoms with Crippen LogP contribution in [0.4, 0.5) is 16.2 Å². The zero-order chi connectivity index (χ0) is 19.0. The number of nitrogens with zero attached hydrogens (tertiary/aromatic N) is 2. The Bertz CT molecular complexity index is 958. The van der Waals surface area contributed by atoms with Gasteiger partial charge in [-0.2, -0.15) is 0 Å². The van der Waals surface area contributed by atoms with Gasteiger partial charge in [0.2, 0.25) is 0 Å². The van der Waals surface area contributed by atoms with E-state index in [2.05, 4.69) is 0 Å². The first-order chi connectivity index (χ1) is 13.0. The molecule has 0 aliphatic carbocycles. The fourth-order valence-electron chi connectivity index (χ4n) is 3.84. The van der Waals surface area contributed by atoms with E-state index in [1.165, 1.54) is 4.90 Å². The summed E-state index contributed by atoms with van der Waals surface area (Å²) in [5.41, 5.74) is 1.67. The number of carbonyl (C=O) groups excluding carboxylic acids is 1. The highest BCUT2D eigenvalue weighted by Crippen LogP contribution is 2.44. The van der Waals surface area contributed by atoms with Crippen molar-refractivity contribution in [3.05, 3.63) is 96.1 Å². The summed E-state index contributed by atoms with van der Waals surface area (Å²) >= 11 is 0. The SMILES string of the molecule is Cc1cccc(C2(O)[C@H](C)N(c3ccccc3)C(=O)N2c2ccccc2)c1. The number of rotatable bonds is 3. The highest BCUT2D eigenvalue weighted by Gasteiger charge is 2.56. The minimum absolute atomic E-state index is 0.246. The second-order valence-electron chi connectivity index (χ2n) is 6.93. The van der Waals surface area contributed by atoms with Crippen molar-refractivity contribution in [2.75, 3.05) is 9.80 Å². The van der Waals surface area contributed by atoms with Crippen molar-refractivity contribution >= 4 is 17.4 Å². The molecule has 0 bridgehead atoms. The van der Waals surface area contributed by atoms with Gasteiger partial charge in [-0.05, 0) is 38.1 Å². The monoisotopic (exact) mass is 358 g/mol. The molecule has 1 aliphatic rings. The summed E-state index contributed by atoms with van der Waals surface area (Å²) in [6.07, 6.45) is 0. The smallest absolute Gasteiger partial charge is 0.332 e. The second-order valence-corrected chi connectivity index (χ2v) is 6.93. The van der Waals surface area contributed by atoms with Crippen LogP contribution in [0.2, 0.25) is 0 Å². The van der Waals surface area contributed by atoms with Gasteiger partial charge in [0.1, 0.15) is 0 Å². The van der Waals surface area contributed by atoms with Crippen LogP contribution in [0.1, 0.15) is 18.1 Å². The zero-order valence-corrected chi connectivity index (χ0v) is 15.4. The van der Waals surface area contributed by atoms with Crippen LogP contribution in [0.5, 0.6) is 0 Å². The molecule has 3 aromatic carbocycles. The van der Waals surface area contributed by atoms with Crippen LogP contribution in [0.15, 0.2) is 84.9 Å². The minimum atomic E-state index is -1.49. The molecule has 2 atom stereocenters. The molecule has 1 unspecified atom stereocenters. The maximum absolute atomic E-state index is 13.5. The number of anilines is 2. The van der Waals surface area contributed by atoms with Gasteiger partial charge in [0.25, 0.3) is 0 Å². The molecule has 3 aromatic rings. The number of para-hydroxylation sites is 2. The van der Waals surface area contributed by atoms with Crippen LogP contribution >= 0.6 is 0 Å². The Hall–Kier alpha value is -3.11. The summed E-state index contributed by atoms with van der Waals surface area (Å²) in [6, 6.07) is 25.8. The van der Waals surface area contributed by atoms with Crippen molar-refractivity contribution in [2.24, 2.45) is 0 Å². The molecule has 1 aliphatic heterocycles. The quantitative estimate of drug-likeness (QED) is 0.739. The lowest BCUT2D eigenvalue weighted by Crippen LogP contribution is -2.48. The first-order valence-electron chi connectivity index (χ1n) is 9.06. The third-order valence-electron chi connectivity index (χ3n) is 5.20. The molecule has 4 heteroatoms. The number of hydrogen-bond acceptors (Lipinski definition) is 2. The summed E-state index contributed by atoms with van der Waals surface area (Å²) < 4.78 is 0. The zero-order valence-electron chi connectivity index (χ0n) is 15.4. The summed E-state index contributed by atoms with van der Waals surface area (Å²) in [5.74, 6) is 0. The van der Waals surface area contributed by atoms with E-state index in [1.54, 1.807) is 4.90 Å². The Kier molecular flexibility index (Phi) is 4.21. The van der Waals surface area contributed by atoms with Crippen molar-refractivity contribution in [3.8, 4) is 0 Å².